The Balaban J connectivity index is 2.60. The highest BCUT2D eigenvalue weighted by Crippen LogP contribution is 2.27. The van der Waals surface area contributed by atoms with Gasteiger partial charge in [-0.3, -0.25) is 10.2 Å². The fraction of sp³-hybridized carbons (Fsp3) is 0.333. The van der Waals surface area contributed by atoms with Gasteiger partial charge in [0.1, 0.15) is 5.71 Å². The van der Waals surface area contributed by atoms with E-state index in [-0.39, 0.29) is 16.2 Å². The SMILES string of the molecule is CCCN(CC)S(=O)(=O)c1cccc2c1C=CC(=N)C2=O. The van der Waals surface area contributed by atoms with Gasteiger partial charge in [0.25, 0.3) is 0 Å². The molecule has 21 heavy (non-hydrogen) atoms. The Kier molecular flexibility index (Phi) is 4.39. The predicted octanol–water partition coefficient (Wildman–Crippen LogP) is 2.34. The van der Waals surface area contributed by atoms with E-state index in [1.54, 1.807) is 19.1 Å². The number of nitrogens with zero attached hydrogens (tertiary/aromatic N) is 1. The number of carbonyl (C=O) groups is 1. The lowest BCUT2D eigenvalue weighted by atomic mass is 9.95. The van der Waals surface area contributed by atoms with Crippen molar-refractivity contribution in [1.82, 2.24) is 4.31 Å². The number of nitrogens with one attached hydrogen (secondary N) is 1. The molecule has 2 rings (SSSR count). The molecule has 0 heterocycles. The summed E-state index contributed by atoms with van der Waals surface area (Å²) < 4.78 is 26.9. The summed E-state index contributed by atoms with van der Waals surface area (Å²) in [5.41, 5.74) is 0.530. The van der Waals surface area contributed by atoms with Crippen LogP contribution in [0.2, 0.25) is 0 Å². The van der Waals surface area contributed by atoms with Gasteiger partial charge >= 0.3 is 0 Å². The van der Waals surface area contributed by atoms with Crippen molar-refractivity contribution in [2.45, 2.75) is 25.2 Å². The van der Waals surface area contributed by atoms with E-state index in [1.807, 2.05) is 6.92 Å². The third kappa shape index (κ3) is 2.69. The summed E-state index contributed by atoms with van der Waals surface area (Å²) in [5.74, 6) is -0.442. The summed E-state index contributed by atoms with van der Waals surface area (Å²) in [6.45, 7) is 4.53. The van der Waals surface area contributed by atoms with Crippen LogP contribution in [0.25, 0.3) is 6.08 Å². The number of hydrogen-bond donors (Lipinski definition) is 1. The molecule has 0 saturated carbocycles. The monoisotopic (exact) mass is 306 g/mol. The standard InChI is InChI=1S/C15H18N2O3S/c1-3-10-17(4-2)21(19,20)14-7-5-6-12-11(14)8-9-13(16)15(12)18/h5-9,16H,3-4,10H2,1-2H3. The average molecular weight is 306 g/mol. The highest BCUT2D eigenvalue weighted by atomic mass is 32.2. The molecular weight excluding hydrogens is 288 g/mol. The third-order valence-corrected chi connectivity index (χ3v) is 5.45. The fourth-order valence-electron chi connectivity index (χ4n) is 2.36. The summed E-state index contributed by atoms with van der Waals surface area (Å²) in [5, 5.41) is 7.54. The third-order valence-electron chi connectivity index (χ3n) is 3.42. The molecule has 0 aliphatic heterocycles. The van der Waals surface area contributed by atoms with Gasteiger partial charge in [-0.1, -0.05) is 32.1 Å². The van der Waals surface area contributed by atoms with E-state index in [0.717, 1.165) is 6.42 Å². The highest BCUT2D eigenvalue weighted by Gasteiger charge is 2.29. The highest BCUT2D eigenvalue weighted by molar-refractivity contribution is 7.89. The zero-order valence-corrected chi connectivity index (χ0v) is 12.9. The molecule has 112 valence electrons. The lowest BCUT2D eigenvalue weighted by Crippen LogP contribution is -2.32. The Morgan fingerprint density at radius 2 is 1.90 bits per heavy atom. The molecule has 0 amide bonds. The van der Waals surface area contributed by atoms with Crippen molar-refractivity contribution in [3.8, 4) is 0 Å². The van der Waals surface area contributed by atoms with Crippen molar-refractivity contribution in [2.75, 3.05) is 13.1 Å². The number of sulfonamides is 1. The topological polar surface area (TPSA) is 78.3 Å². The molecule has 6 heteroatoms. The number of Topliss-reactive ketones (excluding diaryl/α,β-unsaturated/α-hetero) is 1. The maximum absolute atomic E-state index is 12.7. The minimum atomic E-state index is -3.64. The van der Waals surface area contributed by atoms with Crippen LogP contribution in [0.1, 0.15) is 36.2 Å². The van der Waals surface area contributed by atoms with Gasteiger partial charge in [-0.25, -0.2) is 8.42 Å². The summed E-state index contributed by atoms with van der Waals surface area (Å²) >= 11 is 0. The van der Waals surface area contributed by atoms with E-state index in [4.69, 9.17) is 5.41 Å². The molecular formula is C15H18N2O3S. The van der Waals surface area contributed by atoms with E-state index in [1.165, 1.54) is 22.5 Å². The minimum absolute atomic E-state index is 0.127. The van der Waals surface area contributed by atoms with Crippen LogP contribution in [0, 0.1) is 5.41 Å². The van der Waals surface area contributed by atoms with Crippen molar-refractivity contribution in [3.05, 3.63) is 35.4 Å². The molecule has 0 radical (unpaired) electrons. The molecule has 0 fully saturated rings. The zero-order valence-electron chi connectivity index (χ0n) is 12.1. The van der Waals surface area contributed by atoms with Crippen molar-refractivity contribution < 1.29 is 13.2 Å². The van der Waals surface area contributed by atoms with Crippen molar-refractivity contribution in [2.24, 2.45) is 0 Å². The molecule has 1 aromatic carbocycles. The van der Waals surface area contributed by atoms with Crippen LogP contribution in [0.5, 0.6) is 0 Å². The summed E-state index contributed by atoms with van der Waals surface area (Å²) in [4.78, 5) is 12.1. The largest absolute Gasteiger partial charge is 0.297 e. The average Bonchev–Trinajstić information content (AvgIpc) is 2.47. The van der Waals surface area contributed by atoms with E-state index in [2.05, 4.69) is 0 Å². The first-order valence-corrected chi connectivity index (χ1v) is 8.32. The minimum Gasteiger partial charge on any atom is -0.297 e. The van der Waals surface area contributed by atoms with Crippen LogP contribution in [0.3, 0.4) is 0 Å². The van der Waals surface area contributed by atoms with Crippen LogP contribution in [0.15, 0.2) is 29.2 Å². The van der Waals surface area contributed by atoms with Gasteiger partial charge in [0.15, 0.2) is 0 Å². The second kappa shape index (κ2) is 5.91. The number of hydrogen-bond acceptors (Lipinski definition) is 4. The van der Waals surface area contributed by atoms with E-state index < -0.39 is 15.8 Å². The molecule has 1 aliphatic carbocycles. The summed E-state index contributed by atoms with van der Waals surface area (Å²) in [6.07, 6.45) is 3.60. The Morgan fingerprint density at radius 3 is 2.52 bits per heavy atom. The lowest BCUT2D eigenvalue weighted by Gasteiger charge is -2.22. The number of rotatable bonds is 5. The van der Waals surface area contributed by atoms with Crippen molar-refractivity contribution in [3.63, 3.8) is 0 Å². The van der Waals surface area contributed by atoms with Gasteiger partial charge in [0.2, 0.25) is 15.8 Å². The number of fused-ring (bicyclic) bond motifs is 1. The molecule has 1 aliphatic rings. The maximum Gasteiger partial charge on any atom is 0.243 e. The van der Waals surface area contributed by atoms with Gasteiger partial charge in [-0.2, -0.15) is 4.31 Å². The van der Waals surface area contributed by atoms with Crippen molar-refractivity contribution in [1.29, 1.82) is 5.41 Å². The predicted molar refractivity (Wildman–Crippen MR) is 82.3 cm³/mol. The Labute approximate surface area is 124 Å². The molecule has 0 bridgehead atoms. The van der Waals surface area contributed by atoms with Crippen LogP contribution >= 0.6 is 0 Å². The molecule has 0 unspecified atom stereocenters. The molecule has 0 spiro atoms. The Hall–Kier alpha value is -1.79. The zero-order chi connectivity index (χ0) is 15.6. The fourth-order valence-corrected chi connectivity index (χ4v) is 4.11. The number of carbonyl (C=O) groups excluding carboxylic acids is 1. The number of allylic oxidation sites excluding steroid dienone is 1. The van der Waals surface area contributed by atoms with Crippen LogP contribution < -0.4 is 0 Å². The normalized spacial score (nSPS) is 14.6. The maximum atomic E-state index is 12.7. The lowest BCUT2D eigenvalue weighted by molar-refractivity contribution is 0.106. The van der Waals surface area contributed by atoms with Crippen LogP contribution in [-0.4, -0.2) is 37.3 Å². The molecule has 5 nitrogen and oxygen atoms in total. The molecule has 0 saturated heterocycles. The van der Waals surface area contributed by atoms with E-state index in [0.29, 0.717) is 18.7 Å². The first-order valence-electron chi connectivity index (χ1n) is 6.88. The van der Waals surface area contributed by atoms with Crippen molar-refractivity contribution >= 4 is 27.6 Å². The number of benzene rings is 1. The van der Waals surface area contributed by atoms with Gasteiger partial charge in [0, 0.05) is 24.2 Å². The van der Waals surface area contributed by atoms with E-state index >= 15 is 0 Å². The second-order valence-corrected chi connectivity index (χ2v) is 6.70. The van der Waals surface area contributed by atoms with Gasteiger partial charge in [-0.15, -0.1) is 0 Å². The second-order valence-electron chi connectivity index (χ2n) is 4.79. The quantitative estimate of drug-likeness (QED) is 0.907. The summed E-state index contributed by atoms with van der Waals surface area (Å²) in [7, 11) is -3.64. The smallest absolute Gasteiger partial charge is 0.243 e. The summed E-state index contributed by atoms with van der Waals surface area (Å²) in [6, 6.07) is 4.62. The molecule has 1 aromatic rings. The molecule has 0 aromatic heterocycles. The van der Waals surface area contributed by atoms with Gasteiger partial charge < -0.3 is 0 Å². The van der Waals surface area contributed by atoms with Gasteiger partial charge in [0.05, 0.1) is 4.90 Å². The van der Waals surface area contributed by atoms with Gasteiger partial charge in [-0.05, 0) is 18.6 Å². The van der Waals surface area contributed by atoms with Crippen LogP contribution in [-0.2, 0) is 10.0 Å². The Morgan fingerprint density at radius 1 is 1.19 bits per heavy atom. The molecule has 0 atom stereocenters. The van der Waals surface area contributed by atoms with Crippen LogP contribution in [0.4, 0.5) is 0 Å². The number of ketones is 1. The molecule has 1 N–H and O–H groups in total. The first kappa shape index (κ1) is 15.6. The first-order chi connectivity index (χ1) is 9.93. The van der Waals surface area contributed by atoms with E-state index in [9.17, 15) is 13.2 Å². The Bertz CT molecular complexity index is 720.